The Labute approximate surface area is 131 Å². The number of hydrogen-bond acceptors (Lipinski definition) is 3. The second kappa shape index (κ2) is 8.46. The maximum Gasteiger partial charge on any atom is 0.315 e. The van der Waals surface area contributed by atoms with Gasteiger partial charge in [-0.25, -0.2) is 4.79 Å². The molecular formula is C16H25N3O3. The van der Waals surface area contributed by atoms with Crippen molar-refractivity contribution in [1.82, 2.24) is 16.0 Å². The van der Waals surface area contributed by atoms with E-state index in [2.05, 4.69) is 16.0 Å². The Morgan fingerprint density at radius 3 is 2.77 bits per heavy atom. The molecule has 0 spiro atoms. The molecular weight excluding hydrogens is 282 g/mol. The second-order valence-corrected chi connectivity index (χ2v) is 5.86. The molecule has 0 saturated heterocycles. The first-order valence-electron chi connectivity index (χ1n) is 7.99. The van der Waals surface area contributed by atoms with E-state index in [-0.39, 0.29) is 11.9 Å². The van der Waals surface area contributed by atoms with E-state index in [1.807, 2.05) is 0 Å². The Balaban J connectivity index is 1.59. The van der Waals surface area contributed by atoms with E-state index in [4.69, 9.17) is 4.42 Å². The number of nitrogens with one attached hydrogen (secondary N) is 3. The minimum absolute atomic E-state index is 0.234. The zero-order chi connectivity index (χ0) is 15.8. The number of urea groups is 1. The maximum absolute atomic E-state index is 11.9. The van der Waals surface area contributed by atoms with Crippen LogP contribution in [0, 0.1) is 5.92 Å². The molecule has 122 valence electrons. The Kier molecular flexibility index (Phi) is 6.30. The fraction of sp³-hybridized carbons (Fsp3) is 0.625. The third-order valence-electron chi connectivity index (χ3n) is 4.07. The Bertz CT molecular complexity index is 467. The Morgan fingerprint density at radius 2 is 2.09 bits per heavy atom. The van der Waals surface area contributed by atoms with Crippen LogP contribution >= 0.6 is 0 Å². The predicted octanol–water partition coefficient (Wildman–Crippen LogP) is 2.16. The van der Waals surface area contributed by atoms with Gasteiger partial charge in [-0.05, 0) is 31.4 Å². The van der Waals surface area contributed by atoms with Gasteiger partial charge in [0.2, 0.25) is 5.91 Å². The third kappa shape index (κ3) is 5.42. The van der Waals surface area contributed by atoms with E-state index in [0.717, 1.165) is 12.3 Å². The van der Waals surface area contributed by atoms with Crippen molar-refractivity contribution in [3.8, 4) is 0 Å². The summed E-state index contributed by atoms with van der Waals surface area (Å²) < 4.78 is 5.13. The number of furan rings is 1. The van der Waals surface area contributed by atoms with Crippen molar-refractivity contribution < 1.29 is 14.0 Å². The zero-order valence-corrected chi connectivity index (χ0v) is 13.1. The molecule has 1 heterocycles. The molecule has 1 aromatic heterocycles. The van der Waals surface area contributed by atoms with Crippen molar-refractivity contribution in [2.24, 2.45) is 5.92 Å². The van der Waals surface area contributed by atoms with Crippen LogP contribution in [0.4, 0.5) is 4.79 Å². The first-order valence-corrected chi connectivity index (χ1v) is 7.99. The SMILES string of the molecule is C[C@@H](NC(=O)NCCC1CCCC1)C(=O)NCc1ccco1. The molecule has 1 fully saturated rings. The van der Waals surface area contributed by atoms with Crippen LogP contribution in [0.5, 0.6) is 0 Å². The summed E-state index contributed by atoms with van der Waals surface area (Å²) >= 11 is 0. The van der Waals surface area contributed by atoms with Gasteiger partial charge in [-0.1, -0.05) is 25.7 Å². The monoisotopic (exact) mass is 307 g/mol. The molecule has 0 aromatic carbocycles. The molecule has 6 nitrogen and oxygen atoms in total. The van der Waals surface area contributed by atoms with Crippen molar-refractivity contribution in [1.29, 1.82) is 0 Å². The van der Waals surface area contributed by atoms with Crippen molar-refractivity contribution in [3.63, 3.8) is 0 Å². The summed E-state index contributed by atoms with van der Waals surface area (Å²) in [6.07, 6.45) is 7.74. The molecule has 22 heavy (non-hydrogen) atoms. The third-order valence-corrected chi connectivity index (χ3v) is 4.07. The molecule has 0 unspecified atom stereocenters. The first kappa shape index (κ1) is 16.4. The smallest absolute Gasteiger partial charge is 0.315 e. The number of rotatable bonds is 7. The van der Waals surface area contributed by atoms with Crippen LogP contribution in [-0.2, 0) is 11.3 Å². The van der Waals surface area contributed by atoms with Gasteiger partial charge in [0, 0.05) is 6.54 Å². The molecule has 1 atom stereocenters. The summed E-state index contributed by atoms with van der Waals surface area (Å²) in [6.45, 7) is 2.65. The highest BCUT2D eigenvalue weighted by Crippen LogP contribution is 2.26. The molecule has 1 aromatic rings. The van der Waals surface area contributed by atoms with Crippen LogP contribution in [0.3, 0.4) is 0 Å². The lowest BCUT2D eigenvalue weighted by Crippen LogP contribution is -2.48. The summed E-state index contributed by atoms with van der Waals surface area (Å²) in [5, 5.41) is 8.17. The van der Waals surface area contributed by atoms with Gasteiger partial charge in [0.25, 0.3) is 0 Å². The van der Waals surface area contributed by atoms with Gasteiger partial charge in [0.05, 0.1) is 12.8 Å². The number of carbonyl (C=O) groups excluding carboxylic acids is 2. The van der Waals surface area contributed by atoms with Crippen molar-refractivity contribution in [3.05, 3.63) is 24.2 Å². The summed E-state index contributed by atoms with van der Waals surface area (Å²) in [5.41, 5.74) is 0. The first-order chi connectivity index (χ1) is 10.6. The van der Waals surface area contributed by atoms with E-state index in [0.29, 0.717) is 18.8 Å². The summed E-state index contributed by atoms with van der Waals surface area (Å²) in [7, 11) is 0. The maximum atomic E-state index is 11.9. The normalized spacial score (nSPS) is 16.2. The molecule has 1 aliphatic carbocycles. The lowest BCUT2D eigenvalue weighted by Gasteiger charge is -2.15. The summed E-state index contributed by atoms with van der Waals surface area (Å²) in [4.78, 5) is 23.6. The fourth-order valence-electron chi connectivity index (χ4n) is 2.74. The van der Waals surface area contributed by atoms with E-state index in [9.17, 15) is 9.59 Å². The van der Waals surface area contributed by atoms with Gasteiger partial charge >= 0.3 is 6.03 Å². The fourth-order valence-corrected chi connectivity index (χ4v) is 2.74. The second-order valence-electron chi connectivity index (χ2n) is 5.86. The average molecular weight is 307 g/mol. The lowest BCUT2D eigenvalue weighted by atomic mass is 10.0. The largest absolute Gasteiger partial charge is 0.467 e. The minimum Gasteiger partial charge on any atom is -0.467 e. The quantitative estimate of drug-likeness (QED) is 0.722. The molecule has 3 N–H and O–H groups in total. The van der Waals surface area contributed by atoms with Crippen molar-refractivity contribution in [2.45, 2.75) is 51.6 Å². The molecule has 2 rings (SSSR count). The van der Waals surface area contributed by atoms with Gasteiger partial charge in [-0.2, -0.15) is 0 Å². The van der Waals surface area contributed by atoms with Crippen molar-refractivity contribution in [2.75, 3.05) is 6.54 Å². The molecule has 0 bridgehead atoms. The summed E-state index contributed by atoms with van der Waals surface area (Å²) in [5.74, 6) is 1.19. The van der Waals surface area contributed by atoms with Gasteiger partial charge in [0.15, 0.2) is 0 Å². The lowest BCUT2D eigenvalue weighted by molar-refractivity contribution is -0.122. The van der Waals surface area contributed by atoms with Gasteiger partial charge < -0.3 is 20.4 Å². The van der Waals surface area contributed by atoms with Crippen LogP contribution in [0.15, 0.2) is 22.8 Å². The van der Waals surface area contributed by atoms with Crippen molar-refractivity contribution >= 4 is 11.9 Å². The van der Waals surface area contributed by atoms with Gasteiger partial charge in [-0.15, -0.1) is 0 Å². The van der Waals surface area contributed by atoms with Gasteiger partial charge in [-0.3, -0.25) is 4.79 Å². The highest BCUT2D eigenvalue weighted by atomic mass is 16.3. The number of carbonyl (C=O) groups is 2. The molecule has 3 amide bonds. The van der Waals surface area contributed by atoms with E-state index >= 15 is 0 Å². The molecule has 1 aliphatic rings. The zero-order valence-electron chi connectivity index (χ0n) is 13.1. The van der Waals surface area contributed by atoms with E-state index in [1.165, 1.54) is 25.7 Å². The van der Waals surface area contributed by atoms with Crippen LogP contribution in [0.1, 0.15) is 44.8 Å². The Hall–Kier alpha value is -1.98. The topological polar surface area (TPSA) is 83.4 Å². The van der Waals surface area contributed by atoms with Gasteiger partial charge in [0.1, 0.15) is 11.8 Å². The molecule has 0 aliphatic heterocycles. The number of hydrogen-bond donors (Lipinski definition) is 3. The summed E-state index contributed by atoms with van der Waals surface area (Å²) in [6, 6.07) is 2.68. The predicted molar refractivity (Wildman–Crippen MR) is 83.1 cm³/mol. The van der Waals surface area contributed by atoms with Crippen LogP contribution in [0.25, 0.3) is 0 Å². The van der Waals surface area contributed by atoms with E-state index in [1.54, 1.807) is 25.3 Å². The van der Waals surface area contributed by atoms with Crippen LogP contribution in [-0.4, -0.2) is 24.5 Å². The van der Waals surface area contributed by atoms with Crippen LogP contribution in [0.2, 0.25) is 0 Å². The highest BCUT2D eigenvalue weighted by molar-refractivity contribution is 5.86. The number of amides is 3. The minimum atomic E-state index is -0.582. The standard InChI is InChI=1S/C16H25N3O3/c1-12(15(20)18-11-14-7-4-10-22-14)19-16(21)17-9-8-13-5-2-3-6-13/h4,7,10,12-13H,2-3,5-6,8-9,11H2,1H3,(H,18,20)(H2,17,19,21)/t12-/m1/s1. The van der Waals surface area contributed by atoms with Crippen LogP contribution < -0.4 is 16.0 Å². The average Bonchev–Trinajstić information content (AvgIpc) is 3.18. The van der Waals surface area contributed by atoms with E-state index < -0.39 is 6.04 Å². The molecule has 6 heteroatoms. The molecule has 1 saturated carbocycles. The highest BCUT2D eigenvalue weighted by Gasteiger charge is 2.17. The Morgan fingerprint density at radius 1 is 1.32 bits per heavy atom. The molecule has 0 radical (unpaired) electrons.